The van der Waals surface area contributed by atoms with Crippen LogP contribution in [0.15, 0.2) is 28.8 Å². The van der Waals surface area contributed by atoms with Gasteiger partial charge in [0.15, 0.2) is 5.82 Å². The lowest BCUT2D eigenvalue weighted by molar-refractivity contribution is 0.242. The lowest BCUT2D eigenvalue weighted by Crippen LogP contribution is -2.22. The zero-order valence-corrected chi connectivity index (χ0v) is 12.4. The Morgan fingerprint density at radius 3 is 2.65 bits per heavy atom. The third-order valence-electron chi connectivity index (χ3n) is 3.38. The van der Waals surface area contributed by atoms with Crippen molar-refractivity contribution in [1.82, 2.24) is 15.0 Å². The third-order valence-corrected chi connectivity index (χ3v) is 3.38. The van der Waals surface area contributed by atoms with Gasteiger partial charge in [0.25, 0.3) is 0 Å². The summed E-state index contributed by atoms with van der Waals surface area (Å²) in [7, 11) is 2.00. The summed E-state index contributed by atoms with van der Waals surface area (Å²) >= 11 is 0. The van der Waals surface area contributed by atoms with E-state index < -0.39 is 0 Å². The van der Waals surface area contributed by atoms with Crippen LogP contribution in [0, 0.1) is 0 Å². The summed E-state index contributed by atoms with van der Waals surface area (Å²) in [6, 6.07) is 7.45. The molecule has 0 amide bonds. The fourth-order valence-electron chi connectivity index (χ4n) is 1.97. The van der Waals surface area contributed by atoms with Gasteiger partial charge < -0.3 is 9.63 Å². The SMILES string of the molecule is CC(C)c1nc(CN(C)[C@@H](C)c2cccc(O)c2)no1. The average molecular weight is 275 g/mol. The molecule has 0 bridgehead atoms. The fourth-order valence-corrected chi connectivity index (χ4v) is 1.97. The van der Waals surface area contributed by atoms with Gasteiger partial charge in [-0.05, 0) is 31.7 Å². The Morgan fingerprint density at radius 2 is 2.05 bits per heavy atom. The first kappa shape index (κ1) is 14.5. The quantitative estimate of drug-likeness (QED) is 0.908. The van der Waals surface area contributed by atoms with E-state index >= 15 is 0 Å². The number of nitrogens with zero attached hydrogens (tertiary/aromatic N) is 3. The highest BCUT2D eigenvalue weighted by Crippen LogP contribution is 2.23. The summed E-state index contributed by atoms with van der Waals surface area (Å²) in [6.45, 7) is 6.73. The van der Waals surface area contributed by atoms with Crippen LogP contribution in [0.5, 0.6) is 5.75 Å². The molecular formula is C15H21N3O2. The second kappa shape index (κ2) is 6.05. The van der Waals surface area contributed by atoms with Gasteiger partial charge in [-0.3, -0.25) is 4.90 Å². The van der Waals surface area contributed by atoms with Gasteiger partial charge in [-0.1, -0.05) is 31.1 Å². The maximum Gasteiger partial charge on any atom is 0.229 e. The van der Waals surface area contributed by atoms with Gasteiger partial charge in [0.05, 0.1) is 6.54 Å². The van der Waals surface area contributed by atoms with Crippen LogP contribution in [0.25, 0.3) is 0 Å². The predicted octanol–water partition coefficient (Wildman–Crippen LogP) is 3.09. The van der Waals surface area contributed by atoms with E-state index in [-0.39, 0.29) is 17.7 Å². The molecule has 1 atom stereocenters. The number of aromatic hydroxyl groups is 1. The largest absolute Gasteiger partial charge is 0.508 e. The van der Waals surface area contributed by atoms with Crippen LogP contribution in [0.4, 0.5) is 0 Å². The molecule has 5 heteroatoms. The monoisotopic (exact) mass is 275 g/mol. The standard InChI is InChI=1S/C15H21N3O2/c1-10(2)15-16-14(17-20-15)9-18(4)11(3)12-6-5-7-13(19)8-12/h5-8,10-11,19H,9H2,1-4H3/t11-/m0/s1. The molecule has 1 aromatic heterocycles. The predicted molar refractivity (Wildman–Crippen MR) is 76.4 cm³/mol. The zero-order chi connectivity index (χ0) is 14.7. The third kappa shape index (κ3) is 3.36. The smallest absolute Gasteiger partial charge is 0.229 e. The molecular weight excluding hydrogens is 254 g/mol. The Kier molecular flexibility index (Phi) is 4.39. The molecule has 2 aromatic rings. The average Bonchev–Trinajstić information content (AvgIpc) is 2.86. The second-order valence-corrected chi connectivity index (χ2v) is 5.39. The minimum Gasteiger partial charge on any atom is -0.508 e. The highest BCUT2D eigenvalue weighted by atomic mass is 16.5. The zero-order valence-electron chi connectivity index (χ0n) is 12.4. The lowest BCUT2D eigenvalue weighted by Gasteiger charge is -2.23. The number of rotatable bonds is 5. The van der Waals surface area contributed by atoms with Crippen molar-refractivity contribution in [2.45, 2.75) is 39.3 Å². The molecule has 1 N–H and O–H groups in total. The van der Waals surface area contributed by atoms with Gasteiger partial charge in [-0.15, -0.1) is 0 Å². The number of phenols is 1. The molecule has 0 saturated heterocycles. The van der Waals surface area contributed by atoms with E-state index in [1.54, 1.807) is 12.1 Å². The molecule has 108 valence electrons. The molecule has 0 unspecified atom stereocenters. The molecule has 0 radical (unpaired) electrons. The van der Waals surface area contributed by atoms with Crippen LogP contribution < -0.4 is 0 Å². The molecule has 0 aliphatic carbocycles. The summed E-state index contributed by atoms with van der Waals surface area (Å²) in [5.41, 5.74) is 1.06. The van der Waals surface area contributed by atoms with Crippen molar-refractivity contribution >= 4 is 0 Å². The molecule has 1 aromatic carbocycles. The maximum absolute atomic E-state index is 9.54. The van der Waals surface area contributed by atoms with Gasteiger partial charge in [0.2, 0.25) is 5.89 Å². The Bertz CT molecular complexity index is 566. The number of benzene rings is 1. The topological polar surface area (TPSA) is 62.4 Å². The Labute approximate surface area is 119 Å². The first-order valence-corrected chi connectivity index (χ1v) is 6.79. The van der Waals surface area contributed by atoms with E-state index in [9.17, 15) is 5.11 Å². The number of aromatic nitrogens is 2. The summed E-state index contributed by atoms with van der Waals surface area (Å²) in [6.07, 6.45) is 0. The van der Waals surface area contributed by atoms with Crippen LogP contribution in [-0.2, 0) is 6.54 Å². The van der Waals surface area contributed by atoms with Crippen LogP contribution >= 0.6 is 0 Å². The van der Waals surface area contributed by atoms with Crippen molar-refractivity contribution < 1.29 is 9.63 Å². The van der Waals surface area contributed by atoms with E-state index in [2.05, 4.69) is 22.0 Å². The fraction of sp³-hybridized carbons (Fsp3) is 0.467. The molecule has 0 fully saturated rings. The van der Waals surface area contributed by atoms with Crippen molar-refractivity contribution in [2.24, 2.45) is 0 Å². The first-order valence-electron chi connectivity index (χ1n) is 6.79. The molecule has 20 heavy (non-hydrogen) atoms. The van der Waals surface area contributed by atoms with Crippen LogP contribution in [0.1, 0.15) is 50.0 Å². The second-order valence-electron chi connectivity index (χ2n) is 5.39. The summed E-state index contributed by atoms with van der Waals surface area (Å²) < 4.78 is 5.20. The number of hydrogen-bond donors (Lipinski definition) is 1. The molecule has 0 aliphatic heterocycles. The van der Waals surface area contributed by atoms with Gasteiger partial charge in [-0.25, -0.2) is 0 Å². The van der Waals surface area contributed by atoms with E-state index in [1.165, 1.54) is 0 Å². The van der Waals surface area contributed by atoms with Crippen LogP contribution in [0.3, 0.4) is 0 Å². The minimum absolute atomic E-state index is 0.156. The summed E-state index contributed by atoms with van der Waals surface area (Å²) in [5.74, 6) is 1.87. The lowest BCUT2D eigenvalue weighted by atomic mass is 10.1. The highest BCUT2D eigenvalue weighted by Gasteiger charge is 2.16. The van der Waals surface area contributed by atoms with E-state index in [1.807, 2.05) is 33.0 Å². The number of hydrogen-bond acceptors (Lipinski definition) is 5. The molecule has 0 saturated carbocycles. The Balaban J connectivity index is 2.05. The van der Waals surface area contributed by atoms with Crippen molar-refractivity contribution in [3.8, 4) is 5.75 Å². The van der Waals surface area contributed by atoms with E-state index in [0.29, 0.717) is 18.3 Å². The normalized spacial score (nSPS) is 13.1. The highest BCUT2D eigenvalue weighted by molar-refractivity contribution is 5.29. The molecule has 5 nitrogen and oxygen atoms in total. The van der Waals surface area contributed by atoms with Crippen molar-refractivity contribution in [3.05, 3.63) is 41.5 Å². The van der Waals surface area contributed by atoms with Crippen molar-refractivity contribution in [2.75, 3.05) is 7.05 Å². The molecule has 0 aliphatic rings. The van der Waals surface area contributed by atoms with Crippen LogP contribution in [0.2, 0.25) is 0 Å². The summed E-state index contributed by atoms with van der Waals surface area (Å²) in [4.78, 5) is 6.49. The van der Waals surface area contributed by atoms with E-state index in [0.717, 1.165) is 5.56 Å². The van der Waals surface area contributed by atoms with Gasteiger partial charge >= 0.3 is 0 Å². The van der Waals surface area contributed by atoms with Gasteiger partial charge in [0.1, 0.15) is 5.75 Å². The minimum atomic E-state index is 0.156. The summed E-state index contributed by atoms with van der Waals surface area (Å²) in [5, 5.41) is 13.5. The number of phenolic OH excluding ortho intramolecular Hbond substituents is 1. The van der Waals surface area contributed by atoms with E-state index in [4.69, 9.17) is 4.52 Å². The Hall–Kier alpha value is -1.88. The van der Waals surface area contributed by atoms with Gasteiger partial charge in [0, 0.05) is 12.0 Å². The molecule has 2 rings (SSSR count). The van der Waals surface area contributed by atoms with Crippen LogP contribution in [-0.4, -0.2) is 27.2 Å². The van der Waals surface area contributed by atoms with Crippen molar-refractivity contribution in [1.29, 1.82) is 0 Å². The van der Waals surface area contributed by atoms with Gasteiger partial charge in [-0.2, -0.15) is 4.98 Å². The maximum atomic E-state index is 9.54. The van der Waals surface area contributed by atoms with Crippen molar-refractivity contribution in [3.63, 3.8) is 0 Å². The Morgan fingerprint density at radius 1 is 1.30 bits per heavy atom. The first-order chi connectivity index (χ1) is 9.47. The molecule has 1 heterocycles. The molecule has 0 spiro atoms.